The molecule has 0 fully saturated rings. The molecule has 0 aromatic carbocycles. The van der Waals surface area contributed by atoms with Crippen molar-refractivity contribution >= 4 is 19.8 Å². The average molecular weight is 1090 g/mol. The predicted octanol–water partition coefficient (Wildman–Crippen LogP) is 19.6. The summed E-state index contributed by atoms with van der Waals surface area (Å²) in [4.78, 5) is 37.9. The molecule has 76 heavy (non-hydrogen) atoms. The Hall–Kier alpha value is -2.29. The topological polar surface area (TPSA) is 111 Å². The first-order valence-electron chi connectivity index (χ1n) is 32.0. The van der Waals surface area contributed by atoms with E-state index >= 15 is 0 Å². The van der Waals surface area contributed by atoms with E-state index in [-0.39, 0.29) is 32.0 Å². The van der Waals surface area contributed by atoms with Crippen LogP contribution in [0.3, 0.4) is 0 Å². The van der Waals surface area contributed by atoms with Gasteiger partial charge in [0.2, 0.25) is 0 Å². The minimum absolute atomic E-state index is 0.0332. The van der Waals surface area contributed by atoms with Gasteiger partial charge in [0.05, 0.1) is 27.7 Å². The van der Waals surface area contributed by atoms with Crippen molar-refractivity contribution in [3.8, 4) is 0 Å². The lowest BCUT2D eigenvalue weighted by Gasteiger charge is -2.28. The van der Waals surface area contributed by atoms with E-state index in [1.807, 2.05) is 21.1 Å². The standard InChI is InChI=1S/C66H122NO8P/c1-6-8-10-12-14-16-18-20-22-24-25-26-27-28-29-30-31-32-33-34-35-36-37-38-39-40-41-43-44-46-48-50-52-54-56-58-65(68)72-62-64(63-74-76(70,71)73-61-60-67(3,4)5)75-66(69)59-57-55-53-51-49-47-45-42-23-21-19-17-15-13-11-9-7-2/h9,11,15,17-18,20-21,23-25,64H,6-8,10,12-14,16,19,22,26-63H2,1-5H3/b11-9-,17-15-,20-18-,23-21-,25-24-. The van der Waals surface area contributed by atoms with Crippen LogP contribution in [0.5, 0.6) is 0 Å². The van der Waals surface area contributed by atoms with Crippen molar-refractivity contribution in [3.05, 3.63) is 60.8 Å². The Labute approximate surface area is 470 Å². The number of hydrogen-bond acceptors (Lipinski definition) is 8. The van der Waals surface area contributed by atoms with Crippen LogP contribution < -0.4 is 4.89 Å². The van der Waals surface area contributed by atoms with Gasteiger partial charge in [0, 0.05) is 12.8 Å². The highest BCUT2D eigenvalue weighted by Gasteiger charge is 2.22. The van der Waals surface area contributed by atoms with Crippen LogP contribution >= 0.6 is 7.82 Å². The third kappa shape index (κ3) is 60.9. The van der Waals surface area contributed by atoms with Crippen molar-refractivity contribution in [1.82, 2.24) is 0 Å². The van der Waals surface area contributed by atoms with Crippen LogP contribution in [0.15, 0.2) is 60.8 Å². The fraction of sp³-hybridized carbons (Fsp3) is 0.818. The summed E-state index contributed by atoms with van der Waals surface area (Å²) in [5.41, 5.74) is 0. The first-order chi connectivity index (χ1) is 37.0. The van der Waals surface area contributed by atoms with Gasteiger partial charge < -0.3 is 27.9 Å². The molecule has 0 saturated heterocycles. The third-order valence-corrected chi connectivity index (χ3v) is 15.0. The Kier molecular flexibility index (Phi) is 55.7. The molecule has 0 aliphatic carbocycles. The van der Waals surface area contributed by atoms with Gasteiger partial charge in [0.15, 0.2) is 6.10 Å². The Morgan fingerprint density at radius 3 is 1.12 bits per heavy atom. The Bertz CT molecular complexity index is 1470. The quantitative estimate of drug-likeness (QED) is 0.0195. The molecule has 0 rings (SSSR count). The zero-order valence-corrected chi connectivity index (χ0v) is 51.3. The predicted molar refractivity (Wildman–Crippen MR) is 323 cm³/mol. The van der Waals surface area contributed by atoms with Gasteiger partial charge in [-0.3, -0.25) is 14.2 Å². The largest absolute Gasteiger partial charge is 0.756 e. The van der Waals surface area contributed by atoms with Crippen LogP contribution in [-0.2, 0) is 32.7 Å². The van der Waals surface area contributed by atoms with E-state index in [2.05, 4.69) is 74.6 Å². The molecule has 0 heterocycles. The van der Waals surface area contributed by atoms with Crippen molar-refractivity contribution in [2.45, 2.75) is 302 Å². The zero-order chi connectivity index (χ0) is 55.6. The van der Waals surface area contributed by atoms with E-state index in [0.29, 0.717) is 17.4 Å². The normalized spacial score (nSPS) is 13.6. The lowest BCUT2D eigenvalue weighted by atomic mass is 10.0. The van der Waals surface area contributed by atoms with Crippen molar-refractivity contribution in [1.29, 1.82) is 0 Å². The number of likely N-dealkylation sites (N-methyl/N-ethyl adjacent to an activating group) is 1. The number of allylic oxidation sites excluding steroid dienone is 10. The maximum atomic E-state index is 12.8. The summed E-state index contributed by atoms with van der Waals surface area (Å²) >= 11 is 0. The summed E-state index contributed by atoms with van der Waals surface area (Å²) in [6.07, 6.45) is 74.4. The maximum Gasteiger partial charge on any atom is 0.306 e. The molecule has 0 aliphatic heterocycles. The smallest absolute Gasteiger partial charge is 0.306 e. The number of rotatable bonds is 59. The molecule has 0 aromatic rings. The van der Waals surface area contributed by atoms with Crippen molar-refractivity contribution < 1.29 is 42.1 Å². The van der Waals surface area contributed by atoms with Gasteiger partial charge >= 0.3 is 11.9 Å². The van der Waals surface area contributed by atoms with Crippen molar-refractivity contribution in [2.75, 3.05) is 47.5 Å². The van der Waals surface area contributed by atoms with Crippen LogP contribution in [0.25, 0.3) is 0 Å². The molecule has 0 aliphatic rings. The number of unbranched alkanes of at least 4 members (excludes halogenated alkanes) is 35. The molecule has 2 unspecified atom stereocenters. The first kappa shape index (κ1) is 73.7. The summed E-state index contributed by atoms with van der Waals surface area (Å²) in [6.45, 7) is 4.14. The number of phosphoric ester groups is 1. The van der Waals surface area contributed by atoms with Gasteiger partial charge in [-0.1, -0.05) is 267 Å². The van der Waals surface area contributed by atoms with E-state index < -0.39 is 26.5 Å². The van der Waals surface area contributed by atoms with Gasteiger partial charge in [-0.15, -0.1) is 0 Å². The third-order valence-electron chi connectivity index (χ3n) is 14.0. The molecule has 9 nitrogen and oxygen atoms in total. The molecule has 0 saturated carbocycles. The Morgan fingerprint density at radius 1 is 0.421 bits per heavy atom. The molecule has 444 valence electrons. The molecular formula is C66H122NO8P. The minimum atomic E-state index is -4.64. The second-order valence-electron chi connectivity index (χ2n) is 22.7. The van der Waals surface area contributed by atoms with Crippen molar-refractivity contribution in [2.24, 2.45) is 0 Å². The Morgan fingerprint density at radius 2 is 0.750 bits per heavy atom. The van der Waals surface area contributed by atoms with Gasteiger partial charge in [0.25, 0.3) is 7.82 Å². The number of quaternary nitrogens is 1. The highest BCUT2D eigenvalue weighted by atomic mass is 31.2. The number of ether oxygens (including phenoxy) is 2. The first-order valence-corrected chi connectivity index (χ1v) is 33.5. The lowest BCUT2D eigenvalue weighted by molar-refractivity contribution is -0.870. The Balaban J connectivity index is 3.96. The second kappa shape index (κ2) is 57.4. The van der Waals surface area contributed by atoms with Gasteiger partial charge in [0.1, 0.15) is 19.8 Å². The highest BCUT2D eigenvalue weighted by Crippen LogP contribution is 2.38. The number of carbonyl (C=O) groups is 2. The summed E-state index contributed by atoms with van der Waals surface area (Å²) in [5.74, 6) is -0.835. The summed E-state index contributed by atoms with van der Waals surface area (Å²) < 4.78 is 34.2. The molecule has 10 heteroatoms. The van der Waals surface area contributed by atoms with E-state index in [4.69, 9.17) is 18.5 Å². The molecule has 0 aromatic heterocycles. The van der Waals surface area contributed by atoms with E-state index in [9.17, 15) is 19.0 Å². The molecule has 0 spiro atoms. The van der Waals surface area contributed by atoms with Crippen LogP contribution in [0.2, 0.25) is 0 Å². The van der Waals surface area contributed by atoms with Crippen molar-refractivity contribution in [3.63, 3.8) is 0 Å². The number of carbonyl (C=O) groups excluding carboxylic acids is 2. The monoisotopic (exact) mass is 1090 g/mol. The van der Waals surface area contributed by atoms with Gasteiger partial charge in [-0.25, -0.2) is 0 Å². The fourth-order valence-electron chi connectivity index (χ4n) is 9.12. The number of nitrogens with zero attached hydrogens (tertiary/aromatic N) is 1. The molecule has 0 radical (unpaired) electrons. The summed E-state index contributed by atoms with van der Waals surface area (Å²) in [6, 6.07) is 0. The number of esters is 2. The molecule has 0 N–H and O–H groups in total. The molecular weight excluding hydrogens is 966 g/mol. The van der Waals surface area contributed by atoms with Crippen LogP contribution in [-0.4, -0.2) is 70.0 Å². The zero-order valence-electron chi connectivity index (χ0n) is 50.5. The fourth-order valence-corrected chi connectivity index (χ4v) is 9.84. The molecule has 2 atom stereocenters. The van der Waals surface area contributed by atoms with Crippen LogP contribution in [0.1, 0.15) is 296 Å². The SMILES string of the molecule is CC/C=C\C/C=C\C/C=C\CCCCCCCCCC(=O)OC(COC(=O)CCCCCCCCCCCCCCCCCCCCCCCCC/C=C\C/C=C\CCCCCCC)COP(=O)([O-])OCC[N+](C)(C)C. The average Bonchev–Trinajstić information content (AvgIpc) is 3.38. The van der Waals surface area contributed by atoms with Crippen LogP contribution in [0.4, 0.5) is 0 Å². The van der Waals surface area contributed by atoms with Gasteiger partial charge in [-0.2, -0.15) is 0 Å². The molecule has 0 amide bonds. The number of hydrogen-bond donors (Lipinski definition) is 0. The summed E-state index contributed by atoms with van der Waals surface area (Å²) in [7, 11) is 1.16. The van der Waals surface area contributed by atoms with E-state index in [1.54, 1.807) is 0 Å². The van der Waals surface area contributed by atoms with E-state index in [1.165, 1.54) is 193 Å². The number of phosphoric acid groups is 1. The minimum Gasteiger partial charge on any atom is -0.756 e. The summed E-state index contributed by atoms with van der Waals surface area (Å²) in [5, 5.41) is 0. The van der Waals surface area contributed by atoms with Gasteiger partial charge in [-0.05, 0) is 77.0 Å². The van der Waals surface area contributed by atoms with Crippen LogP contribution in [0, 0.1) is 0 Å². The second-order valence-corrected chi connectivity index (χ2v) is 24.2. The highest BCUT2D eigenvalue weighted by molar-refractivity contribution is 7.45. The van der Waals surface area contributed by atoms with E-state index in [0.717, 1.165) is 70.6 Å². The molecule has 0 bridgehead atoms. The lowest BCUT2D eigenvalue weighted by Crippen LogP contribution is -2.37. The maximum absolute atomic E-state index is 12.8.